The second-order valence-electron chi connectivity index (χ2n) is 0.268. The van der Waals surface area contributed by atoms with Crippen molar-refractivity contribution in [2.24, 2.45) is 0 Å². The van der Waals surface area contributed by atoms with Crippen LogP contribution in [0.15, 0.2) is 0 Å². The SMILES string of the molecule is O[As](O)O.[Fe]. The van der Waals surface area contributed by atoms with Crippen LogP contribution in [0.2, 0.25) is 0 Å². The Morgan fingerprint density at radius 1 is 1.00 bits per heavy atom. The van der Waals surface area contributed by atoms with Crippen molar-refractivity contribution in [3.8, 4) is 0 Å². The molecule has 0 bridgehead atoms. The average molecular weight is 182 g/mol. The van der Waals surface area contributed by atoms with Crippen molar-refractivity contribution in [3.05, 3.63) is 0 Å². The van der Waals surface area contributed by atoms with E-state index in [2.05, 4.69) is 0 Å². The van der Waals surface area contributed by atoms with Gasteiger partial charge in [0.05, 0.1) is 0 Å². The molecule has 0 spiro atoms. The van der Waals surface area contributed by atoms with E-state index in [4.69, 9.17) is 12.3 Å². The molecule has 0 atom stereocenters. The van der Waals surface area contributed by atoms with Gasteiger partial charge in [0.2, 0.25) is 0 Å². The van der Waals surface area contributed by atoms with Crippen molar-refractivity contribution in [1.82, 2.24) is 0 Å². The van der Waals surface area contributed by atoms with E-state index < -0.39 is 15.7 Å². The Bertz CT molecular complexity index is 11.6. The van der Waals surface area contributed by atoms with Gasteiger partial charge in [0, 0.05) is 17.1 Å². The zero-order chi connectivity index (χ0) is 3.58. The van der Waals surface area contributed by atoms with Crippen LogP contribution >= 0.6 is 0 Å². The van der Waals surface area contributed by atoms with Crippen molar-refractivity contribution in [1.29, 1.82) is 0 Å². The summed E-state index contributed by atoms with van der Waals surface area (Å²) in [7, 11) is 0. The maximum atomic E-state index is 7.31. The summed E-state index contributed by atoms with van der Waals surface area (Å²) < 4.78 is 21.9. The summed E-state index contributed by atoms with van der Waals surface area (Å²) in [5.41, 5.74) is 0. The summed E-state index contributed by atoms with van der Waals surface area (Å²) in [5, 5.41) is 0. The first-order valence-electron chi connectivity index (χ1n) is 0.600. The van der Waals surface area contributed by atoms with E-state index in [-0.39, 0.29) is 17.1 Å². The first-order valence-corrected chi connectivity index (χ1v) is 3.12. The van der Waals surface area contributed by atoms with Gasteiger partial charge in [0.25, 0.3) is 0 Å². The molecule has 0 aliphatic heterocycles. The van der Waals surface area contributed by atoms with Crippen molar-refractivity contribution < 1.29 is 29.4 Å². The van der Waals surface area contributed by atoms with E-state index in [1.165, 1.54) is 0 Å². The van der Waals surface area contributed by atoms with Gasteiger partial charge in [-0.1, -0.05) is 0 Å². The Balaban J connectivity index is 0. The van der Waals surface area contributed by atoms with Gasteiger partial charge in [-0.05, 0) is 0 Å². The molecule has 34 valence electrons. The maximum Gasteiger partial charge on any atom is 0 e. The molecular formula is H3AsFeO3. The van der Waals surface area contributed by atoms with Crippen LogP contribution in [0.1, 0.15) is 0 Å². The topological polar surface area (TPSA) is 60.7 Å². The minimum Gasteiger partial charge on any atom is 0 e. The Labute approximate surface area is 45.4 Å². The normalized spacial score (nSPS) is 7.20. The largest absolute Gasteiger partial charge is 0 e. The first-order chi connectivity index (χ1) is 1.73. The Hall–Kier alpha value is 0.958. The smallest absolute Gasteiger partial charge is 0 e. The predicted molar refractivity (Wildman–Crippen MR) is 12.4 cm³/mol. The second kappa shape index (κ2) is 4.96. The number of hydrogen-bond acceptors (Lipinski definition) is 3. The van der Waals surface area contributed by atoms with Crippen LogP contribution < -0.4 is 0 Å². The number of rotatable bonds is 0. The Morgan fingerprint density at radius 2 is 1.00 bits per heavy atom. The minimum absolute atomic E-state index is 0. The van der Waals surface area contributed by atoms with Crippen molar-refractivity contribution >= 4 is 15.7 Å². The van der Waals surface area contributed by atoms with Crippen molar-refractivity contribution in [2.75, 3.05) is 0 Å². The molecule has 0 saturated heterocycles. The maximum absolute atomic E-state index is 7.31. The monoisotopic (exact) mass is 182 g/mol. The zero-order valence-corrected chi connectivity index (χ0v) is 5.12. The van der Waals surface area contributed by atoms with Gasteiger partial charge in [0.15, 0.2) is 0 Å². The molecule has 3 N–H and O–H groups in total. The average Bonchev–Trinajstić information content (AvgIpc) is 0.811. The minimum atomic E-state index is -3.19. The molecule has 0 amide bonds. The molecule has 0 rings (SSSR count). The van der Waals surface area contributed by atoms with Crippen LogP contribution in [-0.2, 0) is 17.1 Å². The van der Waals surface area contributed by atoms with E-state index >= 15 is 0 Å². The Kier molecular flexibility index (Phi) is 9.27. The molecule has 0 heterocycles. The standard InChI is InChI=1S/AsH3O3.Fe/c2-1(3)4;/h2-4H;. The fourth-order valence-corrected chi connectivity index (χ4v) is 0. The molecule has 0 fully saturated rings. The van der Waals surface area contributed by atoms with E-state index in [1.807, 2.05) is 0 Å². The van der Waals surface area contributed by atoms with Gasteiger partial charge in [-0.2, -0.15) is 0 Å². The summed E-state index contributed by atoms with van der Waals surface area (Å²) in [5.74, 6) is 0. The molecule has 0 aromatic heterocycles. The molecule has 0 aliphatic rings. The molecule has 0 aromatic rings. The van der Waals surface area contributed by atoms with Crippen LogP contribution in [0, 0.1) is 0 Å². The fraction of sp³-hybridized carbons (Fsp3) is 0. The third kappa shape index (κ3) is 47.3. The predicted octanol–water partition coefficient (Wildman–Crippen LogP) is -2.05. The molecule has 0 aromatic carbocycles. The molecule has 5 heteroatoms. The number of hydrogen-bond donors (Lipinski definition) is 3. The van der Waals surface area contributed by atoms with Gasteiger partial charge in [0.1, 0.15) is 0 Å². The first kappa shape index (κ1) is 9.35. The van der Waals surface area contributed by atoms with Gasteiger partial charge in [-0.3, -0.25) is 0 Å². The van der Waals surface area contributed by atoms with E-state index in [0.717, 1.165) is 0 Å². The van der Waals surface area contributed by atoms with Crippen LogP contribution in [0.4, 0.5) is 0 Å². The zero-order valence-electron chi connectivity index (χ0n) is 2.14. The molecule has 0 aliphatic carbocycles. The summed E-state index contributed by atoms with van der Waals surface area (Å²) in [4.78, 5) is 0. The molecule has 0 radical (unpaired) electrons. The van der Waals surface area contributed by atoms with Crippen LogP contribution in [-0.4, -0.2) is 28.0 Å². The molecular weight excluding hydrogens is 179 g/mol. The summed E-state index contributed by atoms with van der Waals surface area (Å²) >= 11 is -3.19. The third-order valence-electron chi connectivity index (χ3n) is 0. The van der Waals surface area contributed by atoms with Gasteiger partial charge in [-0.25, -0.2) is 0 Å². The van der Waals surface area contributed by atoms with E-state index in [9.17, 15) is 0 Å². The van der Waals surface area contributed by atoms with E-state index in [1.54, 1.807) is 0 Å². The fourth-order valence-electron chi connectivity index (χ4n) is 0. The van der Waals surface area contributed by atoms with Crippen LogP contribution in [0.25, 0.3) is 0 Å². The summed E-state index contributed by atoms with van der Waals surface area (Å²) in [6.45, 7) is 0. The van der Waals surface area contributed by atoms with Crippen LogP contribution in [0.3, 0.4) is 0 Å². The van der Waals surface area contributed by atoms with Gasteiger partial charge < -0.3 is 0 Å². The Morgan fingerprint density at radius 3 is 1.00 bits per heavy atom. The summed E-state index contributed by atoms with van der Waals surface area (Å²) in [6, 6.07) is 0. The van der Waals surface area contributed by atoms with Crippen LogP contribution in [0.5, 0.6) is 0 Å². The quantitative estimate of drug-likeness (QED) is 0.377. The molecule has 0 saturated carbocycles. The molecule has 3 nitrogen and oxygen atoms in total. The van der Waals surface area contributed by atoms with Gasteiger partial charge >= 0.3 is 28.0 Å². The molecule has 5 heavy (non-hydrogen) atoms. The van der Waals surface area contributed by atoms with Crippen molar-refractivity contribution in [2.45, 2.75) is 0 Å². The van der Waals surface area contributed by atoms with E-state index in [0.29, 0.717) is 0 Å². The van der Waals surface area contributed by atoms with Crippen molar-refractivity contribution in [3.63, 3.8) is 0 Å². The molecule has 0 unspecified atom stereocenters. The second-order valence-corrected chi connectivity index (χ2v) is 1.39. The van der Waals surface area contributed by atoms with Gasteiger partial charge in [-0.15, -0.1) is 0 Å². The summed E-state index contributed by atoms with van der Waals surface area (Å²) in [6.07, 6.45) is 0. The third-order valence-corrected chi connectivity index (χ3v) is 0.